The number of aromatic nitrogens is 2. The van der Waals surface area contributed by atoms with Crippen LogP contribution in [0, 0.1) is 5.82 Å². The molecule has 0 saturated heterocycles. The zero-order valence-corrected chi connectivity index (χ0v) is 17.5. The van der Waals surface area contributed by atoms with E-state index in [4.69, 9.17) is 11.6 Å². The number of nitrogens with zero attached hydrogens (tertiary/aromatic N) is 2. The molecule has 1 aromatic heterocycles. The Morgan fingerprint density at radius 3 is 2.16 bits per heavy atom. The number of nitrogens with one attached hydrogen (secondary N) is 2. The van der Waals surface area contributed by atoms with Crippen LogP contribution in [0.4, 0.5) is 4.39 Å². The zero-order chi connectivity index (χ0) is 22.5. The maximum Gasteiger partial charge on any atom is 0.273 e. The molecule has 8 heteroatoms. The van der Waals surface area contributed by atoms with E-state index in [2.05, 4.69) is 16.0 Å². The smallest absolute Gasteiger partial charge is 0.267 e. The highest BCUT2D eigenvalue weighted by Crippen LogP contribution is 2.24. The first-order chi connectivity index (χ1) is 15.5. The van der Waals surface area contributed by atoms with Gasteiger partial charge in [-0.2, -0.15) is 5.10 Å². The highest BCUT2D eigenvalue weighted by atomic mass is 35.5. The van der Waals surface area contributed by atoms with Crippen LogP contribution in [0.15, 0.2) is 85.1 Å². The largest absolute Gasteiger partial charge is 0.273 e. The number of hydrogen-bond donors (Lipinski definition) is 2. The standard InChI is InChI=1S/C24H18ClFN4O2/c25-18-12-10-17(11-13-18)22-20(15-30(29-22)14-16-6-2-1-3-7-16)24(32)28-27-23(31)19-8-4-5-9-21(19)26/h1-13,15H,14H2,(H,27,31)(H,28,32). The SMILES string of the molecule is O=C(NNC(=O)c1cn(Cc2ccccc2)nc1-c1ccc(Cl)cc1)c1ccccc1F. The lowest BCUT2D eigenvalue weighted by atomic mass is 10.1. The number of hydrazine groups is 1. The zero-order valence-electron chi connectivity index (χ0n) is 16.8. The Balaban J connectivity index is 1.59. The quantitative estimate of drug-likeness (QED) is 0.442. The van der Waals surface area contributed by atoms with E-state index in [-0.39, 0.29) is 11.1 Å². The van der Waals surface area contributed by atoms with Crippen LogP contribution in [0.2, 0.25) is 5.02 Å². The first-order valence-electron chi connectivity index (χ1n) is 9.74. The third-order valence-electron chi connectivity index (χ3n) is 4.72. The Hall–Kier alpha value is -3.97. The fraction of sp³-hybridized carbons (Fsp3) is 0.0417. The third-order valence-corrected chi connectivity index (χ3v) is 4.97. The molecule has 0 fully saturated rings. The summed E-state index contributed by atoms with van der Waals surface area (Å²) in [6.45, 7) is 0.455. The van der Waals surface area contributed by atoms with E-state index >= 15 is 0 Å². The molecule has 0 unspecified atom stereocenters. The van der Waals surface area contributed by atoms with Gasteiger partial charge in [-0.3, -0.25) is 25.1 Å². The minimum Gasteiger partial charge on any atom is -0.267 e. The molecule has 0 saturated carbocycles. The van der Waals surface area contributed by atoms with Crippen molar-refractivity contribution in [1.29, 1.82) is 0 Å². The Morgan fingerprint density at radius 1 is 0.844 bits per heavy atom. The number of amides is 2. The van der Waals surface area contributed by atoms with Crippen molar-refractivity contribution in [1.82, 2.24) is 20.6 Å². The molecule has 6 nitrogen and oxygen atoms in total. The summed E-state index contributed by atoms with van der Waals surface area (Å²) < 4.78 is 15.5. The van der Waals surface area contributed by atoms with Crippen molar-refractivity contribution in [3.63, 3.8) is 0 Å². The molecule has 0 aliphatic heterocycles. The second-order valence-corrected chi connectivity index (χ2v) is 7.41. The van der Waals surface area contributed by atoms with Crippen LogP contribution >= 0.6 is 11.6 Å². The van der Waals surface area contributed by atoms with Gasteiger partial charge in [-0.15, -0.1) is 0 Å². The average Bonchev–Trinajstić information content (AvgIpc) is 3.22. The van der Waals surface area contributed by atoms with Gasteiger partial charge in [0.15, 0.2) is 0 Å². The van der Waals surface area contributed by atoms with E-state index in [0.29, 0.717) is 22.8 Å². The summed E-state index contributed by atoms with van der Waals surface area (Å²) in [7, 11) is 0. The van der Waals surface area contributed by atoms with Crippen LogP contribution in [0.3, 0.4) is 0 Å². The predicted octanol–water partition coefficient (Wildman–Crippen LogP) is 4.47. The second kappa shape index (κ2) is 9.45. The molecule has 3 aromatic carbocycles. The summed E-state index contributed by atoms with van der Waals surface area (Å²) in [4.78, 5) is 25.1. The van der Waals surface area contributed by atoms with Crippen molar-refractivity contribution < 1.29 is 14.0 Å². The van der Waals surface area contributed by atoms with Crippen LogP contribution in [-0.2, 0) is 6.54 Å². The molecule has 4 aromatic rings. The molecule has 0 radical (unpaired) electrons. The Morgan fingerprint density at radius 2 is 1.47 bits per heavy atom. The fourth-order valence-corrected chi connectivity index (χ4v) is 3.28. The minimum atomic E-state index is -0.763. The van der Waals surface area contributed by atoms with Crippen LogP contribution < -0.4 is 10.9 Å². The van der Waals surface area contributed by atoms with E-state index < -0.39 is 17.6 Å². The topological polar surface area (TPSA) is 76.0 Å². The molecular weight excluding hydrogens is 431 g/mol. The lowest BCUT2D eigenvalue weighted by molar-refractivity contribution is 0.0844. The molecule has 0 bridgehead atoms. The van der Waals surface area contributed by atoms with Gasteiger partial charge in [0, 0.05) is 16.8 Å². The Labute approximate surface area is 188 Å². The Kier molecular flexibility index (Phi) is 6.28. The second-order valence-electron chi connectivity index (χ2n) is 6.97. The molecular formula is C24H18ClFN4O2. The molecule has 32 heavy (non-hydrogen) atoms. The summed E-state index contributed by atoms with van der Waals surface area (Å²) in [6, 6.07) is 22.1. The maximum absolute atomic E-state index is 13.8. The minimum absolute atomic E-state index is 0.175. The molecule has 1 heterocycles. The molecule has 2 N–H and O–H groups in total. The summed E-state index contributed by atoms with van der Waals surface area (Å²) in [5, 5.41) is 5.12. The molecule has 0 spiro atoms. The molecule has 0 aliphatic rings. The van der Waals surface area contributed by atoms with Gasteiger partial charge in [0.05, 0.1) is 17.7 Å². The van der Waals surface area contributed by atoms with Gasteiger partial charge in [-0.05, 0) is 29.8 Å². The number of hydrogen-bond acceptors (Lipinski definition) is 3. The molecule has 160 valence electrons. The lowest BCUT2D eigenvalue weighted by Crippen LogP contribution is -2.42. The summed E-state index contributed by atoms with van der Waals surface area (Å²) >= 11 is 5.99. The first kappa shape index (κ1) is 21.3. The monoisotopic (exact) mass is 448 g/mol. The third kappa shape index (κ3) is 4.84. The van der Waals surface area contributed by atoms with Crippen molar-refractivity contribution in [3.8, 4) is 11.3 Å². The number of rotatable bonds is 5. The van der Waals surface area contributed by atoms with Crippen molar-refractivity contribution in [2.45, 2.75) is 6.54 Å². The van der Waals surface area contributed by atoms with E-state index in [1.165, 1.54) is 24.3 Å². The van der Waals surface area contributed by atoms with Crippen LogP contribution in [0.5, 0.6) is 0 Å². The Bertz CT molecular complexity index is 1260. The first-order valence-corrected chi connectivity index (χ1v) is 10.1. The van der Waals surface area contributed by atoms with Crippen molar-refractivity contribution in [2.75, 3.05) is 0 Å². The van der Waals surface area contributed by atoms with Gasteiger partial charge < -0.3 is 0 Å². The number of carbonyl (C=O) groups excluding carboxylic acids is 2. The highest BCUT2D eigenvalue weighted by Gasteiger charge is 2.19. The molecule has 2 amide bonds. The maximum atomic E-state index is 13.8. The summed E-state index contributed by atoms with van der Waals surface area (Å²) in [5.74, 6) is -2.03. The summed E-state index contributed by atoms with van der Waals surface area (Å²) in [6.07, 6.45) is 1.60. The average molecular weight is 449 g/mol. The van der Waals surface area contributed by atoms with Gasteiger partial charge in [-0.1, -0.05) is 66.2 Å². The van der Waals surface area contributed by atoms with E-state index in [1.54, 1.807) is 35.1 Å². The van der Waals surface area contributed by atoms with Gasteiger partial charge in [0.1, 0.15) is 11.5 Å². The van der Waals surface area contributed by atoms with Crippen molar-refractivity contribution in [3.05, 3.63) is 113 Å². The van der Waals surface area contributed by atoms with E-state index in [0.717, 1.165) is 5.56 Å². The molecule has 0 aliphatic carbocycles. The fourth-order valence-electron chi connectivity index (χ4n) is 3.15. The van der Waals surface area contributed by atoms with E-state index in [1.807, 2.05) is 30.3 Å². The predicted molar refractivity (Wildman–Crippen MR) is 120 cm³/mol. The van der Waals surface area contributed by atoms with Gasteiger partial charge in [-0.25, -0.2) is 4.39 Å². The van der Waals surface area contributed by atoms with Crippen molar-refractivity contribution in [2.24, 2.45) is 0 Å². The molecule has 0 atom stereocenters. The number of benzene rings is 3. The van der Waals surface area contributed by atoms with E-state index in [9.17, 15) is 14.0 Å². The van der Waals surface area contributed by atoms with Gasteiger partial charge >= 0.3 is 0 Å². The lowest BCUT2D eigenvalue weighted by Gasteiger charge is -2.08. The van der Waals surface area contributed by atoms with Crippen LogP contribution in [0.25, 0.3) is 11.3 Å². The molecule has 4 rings (SSSR count). The number of halogens is 2. The normalized spacial score (nSPS) is 10.6. The van der Waals surface area contributed by atoms with Gasteiger partial charge in [0.25, 0.3) is 11.8 Å². The summed E-state index contributed by atoms with van der Waals surface area (Å²) in [5.41, 5.74) is 6.78. The van der Waals surface area contributed by atoms with Crippen LogP contribution in [0.1, 0.15) is 26.3 Å². The van der Waals surface area contributed by atoms with Gasteiger partial charge in [0.2, 0.25) is 0 Å². The van der Waals surface area contributed by atoms with Crippen LogP contribution in [-0.4, -0.2) is 21.6 Å². The highest BCUT2D eigenvalue weighted by molar-refractivity contribution is 6.30. The van der Waals surface area contributed by atoms with Crippen molar-refractivity contribution >= 4 is 23.4 Å². The number of carbonyl (C=O) groups is 2.